The van der Waals surface area contributed by atoms with Crippen molar-refractivity contribution in [3.05, 3.63) is 24.0 Å². The van der Waals surface area contributed by atoms with E-state index in [2.05, 4.69) is 42.0 Å². The Hall–Kier alpha value is -1.09. The SMILES string of the molecule is CCCCCN(c1ccncc1CNC)C(C)C. The van der Waals surface area contributed by atoms with Gasteiger partial charge < -0.3 is 10.2 Å². The molecule has 102 valence electrons. The molecular weight excluding hydrogens is 222 g/mol. The Labute approximate surface area is 112 Å². The second kappa shape index (κ2) is 8.09. The van der Waals surface area contributed by atoms with Gasteiger partial charge in [0.25, 0.3) is 0 Å². The van der Waals surface area contributed by atoms with Crippen LogP contribution in [-0.4, -0.2) is 24.6 Å². The van der Waals surface area contributed by atoms with Crippen molar-refractivity contribution in [2.45, 2.75) is 52.6 Å². The van der Waals surface area contributed by atoms with Crippen LogP contribution in [0.1, 0.15) is 45.6 Å². The van der Waals surface area contributed by atoms with E-state index >= 15 is 0 Å². The molecule has 0 aliphatic carbocycles. The Morgan fingerprint density at radius 3 is 2.72 bits per heavy atom. The highest BCUT2D eigenvalue weighted by atomic mass is 15.2. The van der Waals surface area contributed by atoms with E-state index in [1.165, 1.54) is 30.5 Å². The number of pyridine rings is 1. The molecule has 0 aliphatic heterocycles. The Kier molecular flexibility index (Phi) is 6.73. The number of nitrogens with zero attached hydrogens (tertiary/aromatic N) is 2. The van der Waals surface area contributed by atoms with Crippen molar-refractivity contribution >= 4 is 5.69 Å². The van der Waals surface area contributed by atoms with E-state index in [-0.39, 0.29) is 0 Å². The summed E-state index contributed by atoms with van der Waals surface area (Å²) in [6, 6.07) is 2.67. The van der Waals surface area contributed by atoms with Gasteiger partial charge in [-0.15, -0.1) is 0 Å². The number of hydrogen-bond donors (Lipinski definition) is 1. The molecule has 18 heavy (non-hydrogen) atoms. The molecule has 0 atom stereocenters. The molecule has 0 radical (unpaired) electrons. The zero-order valence-corrected chi connectivity index (χ0v) is 12.2. The van der Waals surface area contributed by atoms with Gasteiger partial charge in [0.1, 0.15) is 0 Å². The fraction of sp³-hybridized carbons (Fsp3) is 0.667. The molecule has 1 heterocycles. The molecule has 3 nitrogen and oxygen atoms in total. The predicted molar refractivity (Wildman–Crippen MR) is 79.0 cm³/mol. The zero-order valence-electron chi connectivity index (χ0n) is 12.2. The fourth-order valence-electron chi connectivity index (χ4n) is 2.22. The molecule has 0 bridgehead atoms. The van der Waals surface area contributed by atoms with E-state index in [9.17, 15) is 0 Å². The summed E-state index contributed by atoms with van der Waals surface area (Å²) < 4.78 is 0. The van der Waals surface area contributed by atoms with Gasteiger partial charge in [-0.05, 0) is 33.4 Å². The first-order valence-electron chi connectivity index (χ1n) is 7.04. The first-order valence-corrected chi connectivity index (χ1v) is 7.04. The molecule has 0 fully saturated rings. The molecule has 0 saturated carbocycles. The molecule has 1 rings (SSSR count). The van der Waals surface area contributed by atoms with Crippen molar-refractivity contribution < 1.29 is 0 Å². The molecule has 0 amide bonds. The van der Waals surface area contributed by atoms with Crippen molar-refractivity contribution in [1.82, 2.24) is 10.3 Å². The molecule has 1 aromatic heterocycles. The van der Waals surface area contributed by atoms with Gasteiger partial charge in [0.05, 0.1) is 0 Å². The van der Waals surface area contributed by atoms with E-state index in [0.717, 1.165) is 13.1 Å². The van der Waals surface area contributed by atoms with Crippen LogP contribution in [0.3, 0.4) is 0 Å². The van der Waals surface area contributed by atoms with E-state index in [1.54, 1.807) is 0 Å². The summed E-state index contributed by atoms with van der Waals surface area (Å²) in [6.07, 6.45) is 7.70. The van der Waals surface area contributed by atoms with Gasteiger partial charge in [-0.1, -0.05) is 19.8 Å². The largest absolute Gasteiger partial charge is 0.369 e. The van der Waals surface area contributed by atoms with E-state index in [4.69, 9.17) is 0 Å². The summed E-state index contributed by atoms with van der Waals surface area (Å²) in [5.41, 5.74) is 2.61. The maximum Gasteiger partial charge on any atom is 0.0445 e. The van der Waals surface area contributed by atoms with Gasteiger partial charge in [0.2, 0.25) is 0 Å². The Morgan fingerprint density at radius 2 is 2.11 bits per heavy atom. The third-order valence-corrected chi connectivity index (χ3v) is 3.18. The Morgan fingerprint density at radius 1 is 1.33 bits per heavy atom. The average molecular weight is 249 g/mol. The first kappa shape index (κ1) is 15.0. The Bertz CT molecular complexity index is 336. The zero-order chi connectivity index (χ0) is 13.4. The quantitative estimate of drug-likeness (QED) is 0.717. The van der Waals surface area contributed by atoms with E-state index in [1.807, 2.05) is 19.4 Å². The second-order valence-corrected chi connectivity index (χ2v) is 5.03. The van der Waals surface area contributed by atoms with Gasteiger partial charge in [-0.2, -0.15) is 0 Å². The molecule has 1 N–H and O–H groups in total. The van der Waals surface area contributed by atoms with Crippen molar-refractivity contribution in [2.75, 3.05) is 18.5 Å². The van der Waals surface area contributed by atoms with Gasteiger partial charge in [-0.25, -0.2) is 0 Å². The monoisotopic (exact) mass is 249 g/mol. The van der Waals surface area contributed by atoms with Crippen LogP contribution in [0.25, 0.3) is 0 Å². The lowest BCUT2D eigenvalue weighted by molar-refractivity contribution is 0.621. The van der Waals surface area contributed by atoms with Gasteiger partial charge in [0.15, 0.2) is 0 Å². The number of aromatic nitrogens is 1. The minimum Gasteiger partial charge on any atom is -0.369 e. The van der Waals surface area contributed by atoms with Crippen LogP contribution in [0.5, 0.6) is 0 Å². The third kappa shape index (κ3) is 4.30. The minimum absolute atomic E-state index is 0.528. The lowest BCUT2D eigenvalue weighted by atomic mass is 10.1. The average Bonchev–Trinajstić information content (AvgIpc) is 2.36. The van der Waals surface area contributed by atoms with Gasteiger partial charge in [-0.3, -0.25) is 4.98 Å². The highest BCUT2D eigenvalue weighted by Gasteiger charge is 2.13. The summed E-state index contributed by atoms with van der Waals surface area (Å²) in [4.78, 5) is 6.73. The lowest BCUT2D eigenvalue weighted by Crippen LogP contribution is -2.33. The van der Waals surface area contributed by atoms with Crippen LogP contribution in [0.2, 0.25) is 0 Å². The van der Waals surface area contributed by atoms with Crippen molar-refractivity contribution in [3.63, 3.8) is 0 Å². The molecule has 0 aromatic carbocycles. The molecule has 0 aliphatic rings. The maximum absolute atomic E-state index is 4.24. The predicted octanol–water partition coefficient (Wildman–Crippen LogP) is 3.21. The van der Waals surface area contributed by atoms with Crippen molar-refractivity contribution in [2.24, 2.45) is 0 Å². The van der Waals surface area contributed by atoms with Gasteiger partial charge >= 0.3 is 0 Å². The maximum atomic E-state index is 4.24. The summed E-state index contributed by atoms with van der Waals surface area (Å²) in [5.74, 6) is 0. The standard InChI is InChI=1S/C15H27N3/c1-5-6-7-10-18(13(2)3)15-8-9-17-12-14(15)11-16-4/h8-9,12-13,16H,5-7,10-11H2,1-4H3. The first-order chi connectivity index (χ1) is 8.70. The summed E-state index contributed by atoms with van der Waals surface area (Å²) >= 11 is 0. The lowest BCUT2D eigenvalue weighted by Gasteiger charge is -2.31. The molecule has 1 aromatic rings. The minimum atomic E-state index is 0.528. The summed E-state index contributed by atoms with van der Waals surface area (Å²) in [6.45, 7) is 8.77. The number of hydrogen-bond acceptors (Lipinski definition) is 3. The van der Waals surface area contributed by atoms with Crippen LogP contribution in [-0.2, 0) is 6.54 Å². The van der Waals surface area contributed by atoms with E-state index < -0.39 is 0 Å². The van der Waals surface area contributed by atoms with Crippen LogP contribution >= 0.6 is 0 Å². The second-order valence-electron chi connectivity index (χ2n) is 5.03. The molecule has 0 spiro atoms. The van der Waals surface area contributed by atoms with Gasteiger partial charge in [0, 0.05) is 42.8 Å². The fourth-order valence-corrected chi connectivity index (χ4v) is 2.22. The van der Waals surface area contributed by atoms with Crippen molar-refractivity contribution in [1.29, 1.82) is 0 Å². The topological polar surface area (TPSA) is 28.2 Å². The molecule has 0 saturated heterocycles. The van der Waals surface area contributed by atoms with E-state index in [0.29, 0.717) is 6.04 Å². The number of unbranched alkanes of at least 4 members (excludes halogenated alkanes) is 2. The summed E-state index contributed by atoms with van der Waals surface area (Å²) in [7, 11) is 1.98. The smallest absolute Gasteiger partial charge is 0.0445 e. The summed E-state index contributed by atoms with van der Waals surface area (Å²) in [5, 5.41) is 3.22. The van der Waals surface area contributed by atoms with Crippen LogP contribution < -0.4 is 10.2 Å². The third-order valence-electron chi connectivity index (χ3n) is 3.18. The molecular formula is C15H27N3. The highest BCUT2D eigenvalue weighted by Crippen LogP contribution is 2.22. The Balaban J connectivity index is 2.83. The highest BCUT2D eigenvalue weighted by molar-refractivity contribution is 5.52. The number of nitrogens with one attached hydrogen (secondary N) is 1. The normalized spacial score (nSPS) is 10.9. The van der Waals surface area contributed by atoms with Crippen LogP contribution in [0.15, 0.2) is 18.5 Å². The van der Waals surface area contributed by atoms with Crippen molar-refractivity contribution in [3.8, 4) is 0 Å². The number of rotatable bonds is 8. The molecule has 0 unspecified atom stereocenters. The van der Waals surface area contributed by atoms with Crippen LogP contribution in [0, 0.1) is 0 Å². The number of anilines is 1. The van der Waals surface area contributed by atoms with Crippen LogP contribution in [0.4, 0.5) is 5.69 Å². The molecule has 3 heteroatoms.